The second kappa shape index (κ2) is 7.36. The van der Waals surface area contributed by atoms with Gasteiger partial charge < -0.3 is 15.3 Å². The van der Waals surface area contributed by atoms with Gasteiger partial charge in [-0.25, -0.2) is 4.79 Å². The average Bonchev–Trinajstić information content (AvgIpc) is 2.38. The van der Waals surface area contributed by atoms with Gasteiger partial charge in [0.2, 0.25) is 0 Å². The van der Waals surface area contributed by atoms with Crippen molar-refractivity contribution in [2.75, 3.05) is 13.1 Å². The van der Waals surface area contributed by atoms with E-state index in [9.17, 15) is 9.59 Å². The molecule has 0 aromatic rings. The lowest BCUT2D eigenvalue weighted by Gasteiger charge is -2.32. The number of nitrogens with one attached hydrogen (secondary N) is 1. The molecule has 1 rings (SSSR count). The Bertz CT molecular complexity index is 320. The highest BCUT2D eigenvalue weighted by Crippen LogP contribution is 2.17. The summed E-state index contributed by atoms with van der Waals surface area (Å²) in [6, 6.07) is 0.00871. The number of carboxylic acid groups (broad SMARTS) is 1. The number of rotatable bonds is 5. The third-order valence-electron chi connectivity index (χ3n) is 3.88. The van der Waals surface area contributed by atoms with Crippen LogP contribution in [0, 0.1) is 11.8 Å². The van der Waals surface area contributed by atoms with E-state index in [0.717, 1.165) is 19.3 Å². The van der Waals surface area contributed by atoms with E-state index in [0.29, 0.717) is 25.4 Å². The fraction of sp³-hybridized carbons (Fsp3) is 0.857. The highest BCUT2D eigenvalue weighted by atomic mass is 16.4. The van der Waals surface area contributed by atoms with Crippen LogP contribution in [0.1, 0.15) is 46.5 Å². The summed E-state index contributed by atoms with van der Waals surface area (Å²) in [6.45, 7) is 7.30. The van der Waals surface area contributed by atoms with Gasteiger partial charge in [-0.2, -0.15) is 0 Å². The summed E-state index contributed by atoms with van der Waals surface area (Å²) < 4.78 is 0. The Morgan fingerprint density at radius 1 is 1.42 bits per heavy atom. The molecule has 2 N–H and O–H groups in total. The van der Waals surface area contributed by atoms with Gasteiger partial charge in [-0.05, 0) is 32.1 Å². The molecule has 0 radical (unpaired) electrons. The molecule has 0 aromatic carbocycles. The molecule has 0 bridgehead atoms. The lowest BCUT2D eigenvalue weighted by molar-refractivity contribution is -0.143. The summed E-state index contributed by atoms with van der Waals surface area (Å²) in [5, 5.41) is 12.0. The zero-order valence-corrected chi connectivity index (χ0v) is 12.2. The summed E-state index contributed by atoms with van der Waals surface area (Å²) in [4.78, 5) is 24.7. The first kappa shape index (κ1) is 15.8. The van der Waals surface area contributed by atoms with Gasteiger partial charge in [-0.15, -0.1) is 0 Å². The van der Waals surface area contributed by atoms with Gasteiger partial charge >= 0.3 is 12.0 Å². The van der Waals surface area contributed by atoms with Gasteiger partial charge in [-0.1, -0.05) is 20.3 Å². The van der Waals surface area contributed by atoms with E-state index >= 15 is 0 Å². The lowest BCUT2D eigenvalue weighted by atomic mass is 9.98. The quantitative estimate of drug-likeness (QED) is 0.805. The summed E-state index contributed by atoms with van der Waals surface area (Å²) in [5.74, 6) is -0.627. The number of carbonyl (C=O) groups excluding carboxylic acids is 1. The lowest BCUT2D eigenvalue weighted by Crippen LogP contribution is -2.49. The Kier molecular flexibility index (Phi) is 6.12. The topological polar surface area (TPSA) is 69.6 Å². The molecule has 19 heavy (non-hydrogen) atoms. The van der Waals surface area contributed by atoms with Crippen LogP contribution in [0.4, 0.5) is 4.79 Å². The van der Waals surface area contributed by atoms with Gasteiger partial charge in [0.1, 0.15) is 0 Å². The minimum absolute atomic E-state index is 0.123. The van der Waals surface area contributed by atoms with Crippen LogP contribution in [0.25, 0.3) is 0 Å². The van der Waals surface area contributed by atoms with E-state index in [2.05, 4.69) is 19.2 Å². The Morgan fingerprint density at radius 2 is 2.11 bits per heavy atom. The molecule has 0 aromatic heterocycles. The van der Waals surface area contributed by atoms with Crippen LogP contribution in [0.15, 0.2) is 0 Å². The fourth-order valence-electron chi connectivity index (χ4n) is 2.49. The van der Waals surface area contributed by atoms with Crippen molar-refractivity contribution in [3.63, 3.8) is 0 Å². The number of nitrogens with zero attached hydrogens (tertiary/aromatic N) is 1. The first-order valence-electron chi connectivity index (χ1n) is 7.22. The molecule has 2 amide bonds. The van der Waals surface area contributed by atoms with Crippen LogP contribution < -0.4 is 5.32 Å². The third kappa shape index (κ3) is 5.09. The van der Waals surface area contributed by atoms with Gasteiger partial charge in [0.15, 0.2) is 0 Å². The number of carboxylic acids is 1. The monoisotopic (exact) mass is 270 g/mol. The maximum Gasteiger partial charge on any atom is 0.317 e. The molecule has 1 heterocycles. The van der Waals surface area contributed by atoms with Crippen molar-refractivity contribution in [1.82, 2.24) is 10.2 Å². The highest BCUT2D eigenvalue weighted by molar-refractivity contribution is 5.76. The first-order valence-corrected chi connectivity index (χ1v) is 7.22. The minimum atomic E-state index is -0.801. The van der Waals surface area contributed by atoms with Gasteiger partial charge in [-0.3, -0.25) is 4.79 Å². The smallest absolute Gasteiger partial charge is 0.317 e. The summed E-state index contributed by atoms with van der Waals surface area (Å²) in [6.07, 6.45) is 3.50. The number of amides is 2. The van der Waals surface area contributed by atoms with E-state index in [-0.39, 0.29) is 12.1 Å². The van der Waals surface area contributed by atoms with Gasteiger partial charge in [0.05, 0.1) is 5.92 Å². The normalized spacial score (nSPS) is 22.7. The molecule has 0 spiro atoms. The van der Waals surface area contributed by atoms with Crippen molar-refractivity contribution < 1.29 is 14.7 Å². The predicted octanol–water partition coefficient (Wildman–Crippen LogP) is 2.32. The van der Waals surface area contributed by atoms with Crippen molar-refractivity contribution >= 4 is 12.0 Å². The number of aliphatic carboxylic acids is 1. The summed E-state index contributed by atoms with van der Waals surface area (Å²) in [7, 11) is 0. The molecular formula is C14H26N2O3. The number of hydrogen-bond donors (Lipinski definition) is 2. The summed E-state index contributed by atoms with van der Waals surface area (Å²) in [5.41, 5.74) is 0. The van der Waals surface area contributed by atoms with E-state index in [4.69, 9.17) is 5.11 Å². The standard InChI is InChI=1S/C14H26N2O3/c1-4-10(2)8-11(3)15-14(19)16-7-5-6-12(9-16)13(17)18/h10-12H,4-9H2,1-3H3,(H,15,19)(H,17,18). The molecule has 1 aliphatic heterocycles. The van der Waals surface area contributed by atoms with E-state index in [1.807, 2.05) is 6.92 Å². The third-order valence-corrected chi connectivity index (χ3v) is 3.88. The Labute approximate surface area is 115 Å². The zero-order valence-electron chi connectivity index (χ0n) is 12.2. The van der Waals surface area contributed by atoms with Crippen molar-refractivity contribution in [1.29, 1.82) is 0 Å². The van der Waals surface area contributed by atoms with Gasteiger partial charge in [0.25, 0.3) is 0 Å². The van der Waals surface area contributed by atoms with Gasteiger partial charge in [0, 0.05) is 19.1 Å². The van der Waals surface area contributed by atoms with E-state index in [1.165, 1.54) is 0 Å². The molecule has 1 saturated heterocycles. The average molecular weight is 270 g/mol. The van der Waals surface area contributed by atoms with Crippen LogP contribution in [0.5, 0.6) is 0 Å². The second-order valence-corrected chi connectivity index (χ2v) is 5.72. The molecular weight excluding hydrogens is 244 g/mol. The number of piperidine rings is 1. The molecule has 5 nitrogen and oxygen atoms in total. The second-order valence-electron chi connectivity index (χ2n) is 5.72. The predicted molar refractivity (Wildman–Crippen MR) is 74.0 cm³/mol. The fourth-order valence-corrected chi connectivity index (χ4v) is 2.49. The molecule has 0 saturated carbocycles. The first-order chi connectivity index (χ1) is 8.93. The molecule has 0 aliphatic carbocycles. The number of likely N-dealkylation sites (tertiary alicyclic amines) is 1. The van der Waals surface area contributed by atoms with Crippen molar-refractivity contribution in [2.24, 2.45) is 11.8 Å². The highest BCUT2D eigenvalue weighted by Gasteiger charge is 2.28. The van der Waals surface area contributed by atoms with Crippen LogP contribution in [0.2, 0.25) is 0 Å². The van der Waals surface area contributed by atoms with Crippen LogP contribution in [-0.4, -0.2) is 41.1 Å². The number of hydrogen-bond acceptors (Lipinski definition) is 2. The molecule has 3 atom stereocenters. The molecule has 5 heteroatoms. The van der Waals surface area contributed by atoms with Crippen molar-refractivity contribution in [2.45, 2.75) is 52.5 Å². The molecule has 110 valence electrons. The Hall–Kier alpha value is -1.26. The van der Waals surface area contributed by atoms with Crippen LogP contribution in [-0.2, 0) is 4.79 Å². The largest absolute Gasteiger partial charge is 0.481 e. The number of carbonyl (C=O) groups is 2. The Balaban J connectivity index is 2.42. The van der Waals surface area contributed by atoms with E-state index in [1.54, 1.807) is 4.90 Å². The minimum Gasteiger partial charge on any atom is -0.481 e. The summed E-state index contributed by atoms with van der Waals surface area (Å²) >= 11 is 0. The number of urea groups is 1. The SMILES string of the molecule is CCC(C)CC(C)NC(=O)N1CCCC(C(=O)O)C1. The van der Waals surface area contributed by atoms with Crippen LogP contribution >= 0.6 is 0 Å². The Morgan fingerprint density at radius 3 is 2.68 bits per heavy atom. The van der Waals surface area contributed by atoms with Crippen molar-refractivity contribution in [3.05, 3.63) is 0 Å². The van der Waals surface area contributed by atoms with Crippen LogP contribution in [0.3, 0.4) is 0 Å². The molecule has 1 fully saturated rings. The zero-order chi connectivity index (χ0) is 14.4. The molecule has 3 unspecified atom stereocenters. The maximum absolute atomic E-state index is 12.1. The van der Waals surface area contributed by atoms with Crippen molar-refractivity contribution in [3.8, 4) is 0 Å². The van der Waals surface area contributed by atoms with E-state index < -0.39 is 11.9 Å². The molecule has 1 aliphatic rings. The maximum atomic E-state index is 12.1.